The SMILES string of the molecule is S=C(NCCC[NH+]1CCOCC1)Nc1ccc(-c2nnc3n2CCCCC3)cc1. The minimum Gasteiger partial charge on any atom is -0.370 e. The summed E-state index contributed by atoms with van der Waals surface area (Å²) in [6, 6.07) is 8.29. The van der Waals surface area contributed by atoms with Crippen molar-refractivity contribution in [3.05, 3.63) is 30.1 Å². The number of thiocarbonyl (C=S) groups is 1. The van der Waals surface area contributed by atoms with Gasteiger partial charge in [-0.05, 0) is 49.3 Å². The van der Waals surface area contributed by atoms with Crippen molar-refractivity contribution in [1.29, 1.82) is 0 Å². The molecule has 1 aromatic heterocycles. The predicted molar refractivity (Wildman–Crippen MR) is 118 cm³/mol. The van der Waals surface area contributed by atoms with Crippen LogP contribution in [0, 0.1) is 0 Å². The van der Waals surface area contributed by atoms with Crippen molar-refractivity contribution < 1.29 is 9.64 Å². The van der Waals surface area contributed by atoms with Crippen LogP contribution in [0.1, 0.15) is 31.5 Å². The Morgan fingerprint density at radius 3 is 2.76 bits per heavy atom. The highest BCUT2D eigenvalue weighted by atomic mass is 32.1. The molecule has 156 valence electrons. The fourth-order valence-corrected chi connectivity index (χ4v) is 4.25. The number of aryl methyl sites for hydroxylation is 1. The molecule has 0 aliphatic carbocycles. The van der Waals surface area contributed by atoms with E-state index < -0.39 is 0 Å². The van der Waals surface area contributed by atoms with Crippen LogP contribution >= 0.6 is 12.2 Å². The van der Waals surface area contributed by atoms with Gasteiger partial charge in [-0.2, -0.15) is 0 Å². The smallest absolute Gasteiger partial charge is 0.170 e. The van der Waals surface area contributed by atoms with Crippen LogP contribution < -0.4 is 15.5 Å². The monoisotopic (exact) mass is 415 g/mol. The maximum atomic E-state index is 5.44. The molecule has 4 rings (SSSR count). The highest BCUT2D eigenvalue weighted by molar-refractivity contribution is 7.80. The number of fused-ring (bicyclic) bond motifs is 1. The standard InChI is InChI=1S/C21H30N6OS/c29-21(22-10-4-11-26-13-15-28-16-14-26)23-18-8-6-17(7-9-18)20-25-24-19-5-2-1-3-12-27(19)20/h6-9H,1-5,10-16H2,(H2,22,23,29)/p+1. The Hall–Kier alpha value is -2.03. The fourth-order valence-electron chi connectivity index (χ4n) is 4.03. The molecule has 29 heavy (non-hydrogen) atoms. The van der Waals surface area contributed by atoms with Crippen molar-refractivity contribution in [2.45, 2.75) is 38.6 Å². The van der Waals surface area contributed by atoms with Crippen molar-refractivity contribution in [3.8, 4) is 11.4 Å². The molecule has 7 nitrogen and oxygen atoms in total. The second-order valence-corrected chi connectivity index (χ2v) is 8.23. The van der Waals surface area contributed by atoms with E-state index in [0.717, 1.165) is 81.7 Å². The lowest BCUT2D eigenvalue weighted by molar-refractivity contribution is -0.908. The van der Waals surface area contributed by atoms with Crippen LogP contribution in [0.15, 0.2) is 24.3 Å². The zero-order valence-corrected chi connectivity index (χ0v) is 17.8. The summed E-state index contributed by atoms with van der Waals surface area (Å²) >= 11 is 5.44. The summed E-state index contributed by atoms with van der Waals surface area (Å²) in [4.78, 5) is 1.62. The topological polar surface area (TPSA) is 68.4 Å². The first kappa shape index (κ1) is 20.3. The lowest BCUT2D eigenvalue weighted by atomic mass is 10.2. The van der Waals surface area contributed by atoms with Gasteiger partial charge in [0.15, 0.2) is 10.9 Å². The van der Waals surface area contributed by atoms with E-state index in [-0.39, 0.29) is 0 Å². The van der Waals surface area contributed by atoms with Crippen LogP contribution in [-0.2, 0) is 17.7 Å². The van der Waals surface area contributed by atoms with E-state index in [4.69, 9.17) is 17.0 Å². The molecule has 1 saturated heterocycles. The van der Waals surface area contributed by atoms with Crippen molar-refractivity contribution in [2.75, 3.05) is 44.7 Å². The number of hydrogen-bond acceptors (Lipinski definition) is 4. The number of nitrogens with zero attached hydrogens (tertiary/aromatic N) is 3. The lowest BCUT2D eigenvalue weighted by Gasteiger charge is -2.23. The molecule has 1 aromatic carbocycles. The molecule has 3 N–H and O–H groups in total. The molecule has 2 aliphatic heterocycles. The van der Waals surface area contributed by atoms with E-state index >= 15 is 0 Å². The third-order valence-corrected chi connectivity index (χ3v) is 5.95. The summed E-state index contributed by atoms with van der Waals surface area (Å²) in [5.74, 6) is 2.09. The Kier molecular flexibility index (Phi) is 7.08. The van der Waals surface area contributed by atoms with Gasteiger partial charge >= 0.3 is 0 Å². The number of hydrogen-bond donors (Lipinski definition) is 3. The van der Waals surface area contributed by atoms with Gasteiger partial charge < -0.3 is 24.8 Å². The number of benzene rings is 1. The first-order chi connectivity index (χ1) is 14.3. The molecule has 0 spiro atoms. The van der Waals surface area contributed by atoms with Crippen molar-refractivity contribution in [2.24, 2.45) is 0 Å². The van der Waals surface area contributed by atoms with Gasteiger partial charge in [0.2, 0.25) is 0 Å². The Morgan fingerprint density at radius 2 is 1.93 bits per heavy atom. The van der Waals surface area contributed by atoms with Gasteiger partial charge in [0.05, 0.1) is 19.8 Å². The molecule has 3 heterocycles. The van der Waals surface area contributed by atoms with E-state index in [2.05, 4.69) is 49.7 Å². The number of rotatable bonds is 6. The molecule has 2 aliphatic rings. The van der Waals surface area contributed by atoms with E-state index in [1.165, 1.54) is 19.3 Å². The average Bonchev–Trinajstić information content (AvgIpc) is 3.00. The quantitative estimate of drug-likeness (QED) is 0.488. The summed E-state index contributed by atoms with van der Waals surface area (Å²) in [6.45, 7) is 7.07. The molecule has 0 bridgehead atoms. The van der Waals surface area contributed by atoms with Crippen molar-refractivity contribution in [3.63, 3.8) is 0 Å². The summed E-state index contributed by atoms with van der Waals surface area (Å²) in [5, 5.41) is 16.1. The first-order valence-electron chi connectivity index (χ1n) is 10.8. The third-order valence-electron chi connectivity index (χ3n) is 5.70. The van der Waals surface area contributed by atoms with E-state index in [9.17, 15) is 0 Å². The zero-order valence-electron chi connectivity index (χ0n) is 17.0. The number of anilines is 1. The number of quaternary nitrogens is 1. The zero-order chi connectivity index (χ0) is 19.9. The van der Waals surface area contributed by atoms with Gasteiger partial charge in [-0.3, -0.25) is 0 Å². The van der Waals surface area contributed by atoms with Gasteiger partial charge in [-0.25, -0.2) is 0 Å². The second-order valence-electron chi connectivity index (χ2n) is 7.83. The summed E-state index contributed by atoms with van der Waals surface area (Å²) in [7, 11) is 0. The van der Waals surface area contributed by atoms with E-state index in [1.54, 1.807) is 4.90 Å². The molecule has 2 aromatic rings. The largest absolute Gasteiger partial charge is 0.370 e. The van der Waals surface area contributed by atoms with Crippen LogP contribution in [0.5, 0.6) is 0 Å². The molecule has 8 heteroatoms. The van der Waals surface area contributed by atoms with Crippen LogP contribution in [-0.4, -0.2) is 59.3 Å². The van der Waals surface area contributed by atoms with Crippen molar-refractivity contribution in [1.82, 2.24) is 20.1 Å². The van der Waals surface area contributed by atoms with Crippen LogP contribution in [0.2, 0.25) is 0 Å². The van der Waals surface area contributed by atoms with Crippen LogP contribution in [0.25, 0.3) is 11.4 Å². The molecule has 0 amide bonds. The van der Waals surface area contributed by atoms with Gasteiger partial charge in [-0.15, -0.1) is 10.2 Å². The number of ether oxygens (including phenoxy) is 1. The van der Waals surface area contributed by atoms with Crippen molar-refractivity contribution >= 4 is 23.0 Å². The summed E-state index contributed by atoms with van der Waals surface area (Å²) in [5.41, 5.74) is 2.09. The third kappa shape index (κ3) is 5.52. The predicted octanol–water partition coefficient (Wildman–Crippen LogP) is 1.26. The van der Waals surface area contributed by atoms with E-state index in [1.807, 2.05) is 0 Å². The molecular formula is C21H31N6OS+. The Balaban J connectivity index is 1.25. The average molecular weight is 416 g/mol. The molecule has 0 atom stereocenters. The molecular weight excluding hydrogens is 384 g/mol. The normalized spacial score (nSPS) is 17.4. The molecule has 0 radical (unpaired) electrons. The van der Waals surface area contributed by atoms with Gasteiger partial charge in [0, 0.05) is 37.2 Å². The Labute approximate surface area is 177 Å². The van der Waals surface area contributed by atoms with Crippen LogP contribution in [0.3, 0.4) is 0 Å². The lowest BCUT2D eigenvalue weighted by Crippen LogP contribution is -3.14. The number of nitrogens with one attached hydrogen (secondary N) is 3. The minimum atomic E-state index is 0.672. The fraction of sp³-hybridized carbons (Fsp3) is 0.571. The molecule has 0 unspecified atom stereocenters. The second kappa shape index (κ2) is 10.1. The number of aromatic nitrogens is 3. The molecule has 0 saturated carbocycles. The Bertz CT molecular complexity index is 800. The van der Waals surface area contributed by atoms with Crippen LogP contribution in [0.4, 0.5) is 5.69 Å². The summed E-state index contributed by atoms with van der Waals surface area (Å²) < 4.78 is 7.68. The maximum absolute atomic E-state index is 5.44. The first-order valence-corrected chi connectivity index (χ1v) is 11.2. The highest BCUT2D eigenvalue weighted by Crippen LogP contribution is 2.23. The minimum absolute atomic E-state index is 0.672. The molecule has 1 fully saturated rings. The van der Waals surface area contributed by atoms with Gasteiger partial charge in [0.1, 0.15) is 18.9 Å². The summed E-state index contributed by atoms with van der Waals surface area (Å²) in [6.07, 6.45) is 5.81. The number of morpholine rings is 1. The highest BCUT2D eigenvalue weighted by Gasteiger charge is 2.16. The van der Waals surface area contributed by atoms with Gasteiger partial charge in [-0.1, -0.05) is 6.42 Å². The van der Waals surface area contributed by atoms with Gasteiger partial charge in [0.25, 0.3) is 0 Å². The maximum Gasteiger partial charge on any atom is 0.170 e. The Morgan fingerprint density at radius 1 is 1.10 bits per heavy atom. The van der Waals surface area contributed by atoms with E-state index in [0.29, 0.717) is 5.11 Å².